The number of carbonyl (C=O) groups is 2. The largest absolute Gasteiger partial charge is 0.453 e. The fraction of sp³-hybridized carbons (Fsp3) is 0.476. The smallest absolute Gasteiger partial charge is 0.339 e. The van der Waals surface area contributed by atoms with Gasteiger partial charge in [0, 0.05) is 30.5 Å². The molecule has 1 fully saturated rings. The van der Waals surface area contributed by atoms with Crippen LogP contribution < -0.4 is 5.63 Å². The Hall–Kier alpha value is -2.63. The van der Waals surface area contributed by atoms with E-state index in [1.54, 1.807) is 11.8 Å². The van der Waals surface area contributed by atoms with E-state index in [9.17, 15) is 14.4 Å². The number of hydrogen-bond donors (Lipinski definition) is 0. The molecule has 0 bridgehead atoms. The molecular formula is C21H25NO5. The van der Waals surface area contributed by atoms with Crippen LogP contribution in [0.1, 0.15) is 42.9 Å². The van der Waals surface area contributed by atoms with Crippen LogP contribution >= 0.6 is 0 Å². The Kier molecular flexibility index (Phi) is 5.63. The predicted molar refractivity (Wildman–Crippen MR) is 102 cm³/mol. The molecule has 1 atom stereocenters. The molecule has 1 aliphatic rings. The van der Waals surface area contributed by atoms with Crippen molar-refractivity contribution in [3.8, 4) is 0 Å². The van der Waals surface area contributed by atoms with Gasteiger partial charge in [0.1, 0.15) is 5.58 Å². The standard InChI is InChI=1S/C21H25NO5/c1-13-6-7-16-14(2)17(21(25)27-18(16)12-13)8-9-19(23)26-15(3)20(24)22-10-4-5-11-22/h6-7,12,15H,4-5,8-11H2,1-3H3. The molecule has 1 aliphatic heterocycles. The van der Waals surface area contributed by atoms with E-state index < -0.39 is 17.7 Å². The molecule has 6 heteroatoms. The third-order valence-corrected chi connectivity index (χ3v) is 5.10. The Morgan fingerprint density at radius 1 is 1.22 bits per heavy atom. The highest BCUT2D eigenvalue weighted by Crippen LogP contribution is 2.21. The molecule has 1 unspecified atom stereocenters. The summed E-state index contributed by atoms with van der Waals surface area (Å²) in [7, 11) is 0. The maximum atomic E-state index is 12.3. The van der Waals surface area contributed by atoms with Crippen molar-refractivity contribution in [2.45, 2.75) is 52.6 Å². The van der Waals surface area contributed by atoms with Crippen LogP contribution in [0.2, 0.25) is 0 Å². The van der Waals surface area contributed by atoms with E-state index in [-0.39, 0.29) is 18.7 Å². The first kappa shape index (κ1) is 19.1. The summed E-state index contributed by atoms with van der Waals surface area (Å²) in [4.78, 5) is 38.4. The van der Waals surface area contributed by atoms with E-state index in [2.05, 4.69) is 0 Å². The normalized spacial score (nSPS) is 15.1. The first-order chi connectivity index (χ1) is 12.9. The number of aryl methyl sites for hydroxylation is 2. The summed E-state index contributed by atoms with van der Waals surface area (Å²) < 4.78 is 10.7. The summed E-state index contributed by atoms with van der Waals surface area (Å²) in [6, 6.07) is 5.70. The van der Waals surface area contributed by atoms with Crippen molar-refractivity contribution in [2.24, 2.45) is 0 Å². The second-order valence-electron chi connectivity index (χ2n) is 7.16. The molecule has 2 aromatic rings. The summed E-state index contributed by atoms with van der Waals surface area (Å²) in [5.74, 6) is -0.643. The van der Waals surface area contributed by atoms with Gasteiger partial charge in [0.05, 0.1) is 0 Å². The van der Waals surface area contributed by atoms with Gasteiger partial charge in [-0.25, -0.2) is 4.79 Å². The lowest BCUT2D eigenvalue weighted by Gasteiger charge is -2.20. The van der Waals surface area contributed by atoms with Crippen molar-refractivity contribution in [1.29, 1.82) is 0 Å². The molecule has 1 aromatic carbocycles. The third kappa shape index (κ3) is 4.21. The van der Waals surface area contributed by atoms with Crippen molar-refractivity contribution >= 4 is 22.8 Å². The van der Waals surface area contributed by atoms with Crippen molar-refractivity contribution < 1.29 is 18.7 Å². The van der Waals surface area contributed by atoms with Gasteiger partial charge in [-0.3, -0.25) is 9.59 Å². The van der Waals surface area contributed by atoms with Crippen LogP contribution in [0.15, 0.2) is 27.4 Å². The van der Waals surface area contributed by atoms with E-state index in [1.165, 1.54) is 0 Å². The number of amides is 1. The third-order valence-electron chi connectivity index (χ3n) is 5.10. The maximum absolute atomic E-state index is 12.3. The molecule has 3 rings (SSSR count). The monoisotopic (exact) mass is 371 g/mol. The van der Waals surface area contributed by atoms with E-state index in [0.717, 1.165) is 42.4 Å². The molecule has 1 aromatic heterocycles. The number of hydrogen-bond acceptors (Lipinski definition) is 5. The first-order valence-corrected chi connectivity index (χ1v) is 9.38. The lowest BCUT2D eigenvalue weighted by atomic mass is 10.0. The van der Waals surface area contributed by atoms with Crippen molar-refractivity contribution in [1.82, 2.24) is 4.90 Å². The molecule has 1 amide bonds. The number of rotatable bonds is 5. The highest BCUT2D eigenvalue weighted by atomic mass is 16.5. The highest BCUT2D eigenvalue weighted by Gasteiger charge is 2.26. The molecule has 6 nitrogen and oxygen atoms in total. The Morgan fingerprint density at radius 3 is 2.63 bits per heavy atom. The van der Waals surface area contributed by atoms with Crippen LogP contribution in [0.3, 0.4) is 0 Å². The topological polar surface area (TPSA) is 76.8 Å². The first-order valence-electron chi connectivity index (χ1n) is 9.38. The molecule has 0 radical (unpaired) electrons. The molecule has 0 saturated carbocycles. The van der Waals surface area contributed by atoms with Crippen LogP contribution in [0.25, 0.3) is 11.0 Å². The van der Waals surface area contributed by atoms with Crippen molar-refractivity contribution in [3.63, 3.8) is 0 Å². The van der Waals surface area contributed by atoms with E-state index in [0.29, 0.717) is 11.1 Å². The van der Waals surface area contributed by atoms with Crippen LogP contribution in [-0.4, -0.2) is 36.0 Å². The fourth-order valence-corrected chi connectivity index (χ4v) is 3.52. The Labute approximate surface area is 158 Å². The van der Waals surface area contributed by atoms with Crippen LogP contribution in [0, 0.1) is 13.8 Å². The van der Waals surface area contributed by atoms with E-state index >= 15 is 0 Å². The summed E-state index contributed by atoms with van der Waals surface area (Å²) >= 11 is 0. The van der Waals surface area contributed by atoms with Gasteiger partial charge in [-0.1, -0.05) is 12.1 Å². The van der Waals surface area contributed by atoms with E-state index in [4.69, 9.17) is 9.15 Å². The van der Waals surface area contributed by atoms with Gasteiger partial charge in [0.15, 0.2) is 6.10 Å². The van der Waals surface area contributed by atoms with Gasteiger partial charge >= 0.3 is 11.6 Å². The molecule has 0 aliphatic carbocycles. The SMILES string of the molecule is Cc1ccc2c(C)c(CCC(=O)OC(C)C(=O)N3CCCC3)c(=O)oc2c1. The number of ether oxygens (including phenoxy) is 1. The maximum Gasteiger partial charge on any atom is 0.339 e. The molecule has 27 heavy (non-hydrogen) atoms. The minimum Gasteiger partial charge on any atom is -0.453 e. The fourth-order valence-electron chi connectivity index (χ4n) is 3.52. The number of nitrogens with zero attached hydrogens (tertiary/aromatic N) is 1. The Bertz CT molecular complexity index is 924. The average Bonchev–Trinajstić information content (AvgIpc) is 3.15. The second-order valence-corrected chi connectivity index (χ2v) is 7.16. The van der Waals surface area contributed by atoms with Crippen molar-refractivity contribution in [3.05, 3.63) is 45.3 Å². The van der Waals surface area contributed by atoms with Gasteiger partial charge < -0.3 is 14.1 Å². The average molecular weight is 371 g/mol. The zero-order valence-electron chi connectivity index (χ0n) is 16.0. The molecule has 1 saturated heterocycles. The predicted octanol–water partition coefficient (Wildman–Crippen LogP) is 2.90. The molecule has 144 valence electrons. The molecule has 0 N–H and O–H groups in total. The summed E-state index contributed by atoms with van der Waals surface area (Å²) in [5.41, 5.74) is 2.42. The number of esters is 1. The van der Waals surface area contributed by atoms with Gasteiger partial charge in [0.2, 0.25) is 0 Å². The molecule has 0 spiro atoms. The zero-order valence-corrected chi connectivity index (χ0v) is 16.0. The van der Waals surface area contributed by atoms with Gasteiger partial charge in [-0.15, -0.1) is 0 Å². The van der Waals surface area contributed by atoms with Gasteiger partial charge in [-0.05, 0) is 57.2 Å². The zero-order chi connectivity index (χ0) is 19.6. The Morgan fingerprint density at radius 2 is 1.93 bits per heavy atom. The quantitative estimate of drug-likeness (QED) is 0.597. The van der Waals surface area contributed by atoms with Gasteiger partial charge in [0.25, 0.3) is 5.91 Å². The summed E-state index contributed by atoms with van der Waals surface area (Å²) in [5, 5.41) is 0.862. The Balaban J connectivity index is 1.65. The molecule has 2 heterocycles. The minimum atomic E-state index is -0.798. The second kappa shape index (κ2) is 7.94. The lowest BCUT2D eigenvalue weighted by Crippen LogP contribution is -2.38. The van der Waals surface area contributed by atoms with Crippen molar-refractivity contribution in [2.75, 3.05) is 13.1 Å². The lowest BCUT2D eigenvalue weighted by molar-refractivity contribution is -0.158. The van der Waals surface area contributed by atoms with Crippen LogP contribution in [-0.2, 0) is 20.7 Å². The highest BCUT2D eigenvalue weighted by molar-refractivity contribution is 5.84. The van der Waals surface area contributed by atoms with E-state index in [1.807, 2.05) is 32.0 Å². The molecular weight excluding hydrogens is 346 g/mol. The van der Waals surface area contributed by atoms with Crippen LogP contribution in [0.4, 0.5) is 0 Å². The van der Waals surface area contributed by atoms with Crippen LogP contribution in [0.5, 0.6) is 0 Å². The minimum absolute atomic E-state index is 0.0284. The summed E-state index contributed by atoms with van der Waals surface area (Å²) in [6.07, 6.45) is 1.43. The number of benzene rings is 1. The number of fused-ring (bicyclic) bond motifs is 1. The summed E-state index contributed by atoms with van der Waals surface area (Å²) in [6.45, 7) is 6.82. The number of likely N-dealkylation sites (tertiary alicyclic amines) is 1. The van der Waals surface area contributed by atoms with Gasteiger partial charge in [-0.2, -0.15) is 0 Å². The number of carbonyl (C=O) groups excluding carboxylic acids is 2.